The van der Waals surface area contributed by atoms with Crippen LogP contribution in [0.3, 0.4) is 0 Å². The molecule has 0 amide bonds. The minimum Gasteiger partial charge on any atom is -0.248 e. The third-order valence-electron chi connectivity index (χ3n) is 1.86. The number of rotatable bonds is 2. The molecule has 0 aliphatic rings. The van der Waals surface area contributed by atoms with Crippen molar-refractivity contribution in [2.24, 2.45) is 0 Å². The van der Waals surface area contributed by atoms with Crippen molar-refractivity contribution < 1.29 is 0 Å². The quantitative estimate of drug-likeness (QED) is 0.779. The number of nitrogens with zero attached hydrogens (tertiary/aromatic N) is 4. The fraction of sp³-hybridized carbons (Fsp3) is 0.0909. The maximum absolute atomic E-state index is 8.82. The van der Waals surface area contributed by atoms with E-state index in [4.69, 9.17) is 16.9 Å². The zero-order valence-corrected chi connectivity index (χ0v) is 10.5. The van der Waals surface area contributed by atoms with E-state index >= 15 is 0 Å². The second-order valence-corrected chi connectivity index (χ2v) is 4.54. The van der Waals surface area contributed by atoms with Gasteiger partial charge in [0.25, 0.3) is 0 Å². The summed E-state index contributed by atoms with van der Waals surface area (Å²) in [4.78, 5) is 12.4. The molecule has 4 nitrogen and oxygen atoms in total. The topological polar surface area (TPSA) is 62.5 Å². The van der Waals surface area contributed by atoms with Crippen molar-refractivity contribution in [1.82, 2.24) is 15.0 Å². The van der Waals surface area contributed by atoms with E-state index in [-0.39, 0.29) is 0 Å². The molecule has 2 heterocycles. The molecule has 17 heavy (non-hydrogen) atoms. The summed E-state index contributed by atoms with van der Waals surface area (Å²) in [6.07, 6.45) is 1.65. The Kier molecular flexibility index (Phi) is 3.57. The van der Waals surface area contributed by atoms with Crippen LogP contribution in [-0.2, 0) is 0 Å². The summed E-state index contributed by atoms with van der Waals surface area (Å²) >= 11 is 7.23. The zero-order chi connectivity index (χ0) is 12.3. The standard InChI is InChI=1S/C11H7ClN4S/c1-7-5-8(6-13)16-11(15-7)17-10-9(12)3-2-4-14-10/h2-5H,1H3. The van der Waals surface area contributed by atoms with Crippen molar-refractivity contribution in [3.05, 3.63) is 40.8 Å². The van der Waals surface area contributed by atoms with Gasteiger partial charge < -0.3 is 0 Å². The first kappa shape index (κ1) is 11.8. The lowest BCUT2D eigenvalue weighted by atomic mass is 10.4. The average molecular weight is 263 g/mol. The molecule has 84 valence electrons. The van der Waals surface area contributed by atoms with Gasteiger partial charge in [-0.3, -0.25) is 0 Å². The maximum Gasteiger partial charge on any atom is 0.195 e. The normalized spacial score (nSPS) is 9.94. The highest BCUT2D eigenvalue weighted by Gasteiger charge is 2.07. The smallest absolute Gasteiger partial charge is 0.195 e. The molecule has 0 aromatic carbocycles. The zero-order valence-electron chi connectivity index (χ0n) is 8.88. The summed E-state index contributed by atoms with van der Waals surface area (Å²) in [5.74, 6) is 0. The molecule has 0 bridgehead atoms. The Morgan fingerprint density at radius 2 is 2.24 bits per heavy atom. The van der Waals surface area contributed by atoms with Crippen molar-refractivity contribution in [3.63, 3.8) is 0 Å². The highest BCUT2D eigenvalue weighted by Crippen LogP contribution is 2.28. The Morgan fingerprint density at radius 1 is 1.41 bits per heavy atom. The summed E-state index contributed by atoms with van der Waals surface area (Å²) in [7, 11) is 0. The highest BCUT2D eigenvalue weighted by molar-refractivity contribution is 7.99. The van der Waals surface area contributed by atoms with Gasteiger partial charge in [-0.05, 0) is 36.9 Å². The third kappa shape index (κ3) is 2.93. The number of hydrogen-bond acceptors (Lipinski definition) is 5. The Hall–Kier alpha value is -1.64. The lowest BCUT2D eigenvalue weighted by Crippen LogP contribution is -1.94. The van der Waals surface area contributed by atoms with E-state index in [2.05, 4.69) is 15.0 Å². The minimum atomic E-state index is 0.340. The minimum absolute atomic E-state index is 0.340. The third-order valence-corrected chi connectivity index (χ3v) is 3.16. The monoisotopic (exact) mass is 262 g/mol. The molecule has 6 heteroatoms. The fourth-order valence-electron chi connectivity index (χ4n) is 1.18. The predicted molar refractivity (Wildman–Crippen MR) is 64.9 cm³/mol. The van der Waals surface area contributed by atoms with Gasteiger partial charge in [0.1, 0.15) is 16.8 Å². The average Bonchev–Trinajstić information content (AvgIpc) is 2.31. The SMILES string of the molecule is Cc1cc(C#N)nc(Sc2ncccc2Cl)n1. The van der Waals surface area contributed by atoms with Crippen LogP contribution < -0.4 is 0 Å². The van der Waals surface area contributed by atoms with Crippen LogP contribution >= 0.6 is 23.4 Å². The molecular weight excluding hydrogens is 256 g/mol. The van der Waals surface area contributed by atoms with Gasteiger partial charge in [0.05, 0.1) is 5.02 Å². The van der Waals surface area contributed by atoms with Gasteiger partial charge in [-0.25, -0.2) is 15.0 Å². The van der Waals surface area contributed by atoms with Crippen LogP contribution in [0.4, 0.5) is 0 Å². The number of halogens is 1. The first-order valence-corrected chi connectivity index (χ1v) is 5.92. The number of hydrogen-bond donors (Lipinski definition) is 0. The van der Waals surface area contributed by atoms with E-state index in [1.54, 1.807) is 24.4 Å². The summed E-state index contributed by atoms with van der Waals surface area (Å²) in [6.45, 7) is 1.81. The first-order valence-electron chi connectivity index (χ1n) is 4.73. The van der Waals surface area contributed by atoms with Crippen molar-refractivity contribution in [2.75, 3.05) is 0 Å². The van der Waals surface area contributed by atoms with Crippen LogP contribution in [0, 0.1) is 18.3 Å². The van der Waals surface area contributed by atoms with Gasteiger partial charge in [0.2, 0.25) is 0 Å². The van der Waals surface area contributed by atoms with Gasteiger partial charge in [0.15, 0.2) is 5.16 Å². The summed E-state index contributed by atoms with van der Waals surface area (Å²) < 4.78 is 0. The van der Waals surface area contributed by atoms with Crippen molar-refractivity contribution >= 4 is 23.4 Å². The van der Waals surface area contributed by atoms with E-state index in [1.807, 2.05) is 13.0 Å². The Balaban J connectivity index is 2.34. The fourth-order valence-corrected chi connectivity index (χ4v) is 2.20. The molecule has 2 aromatic rings. The van der Waals surface area contributed by atoms with E-state index < -0.39 is 0 Å². The predicted octanol–water partition coefficient (Wildman–Crippen LogP) is 2.86. The van der Waals surface area contributed by atoms with E-state index in [0.29, 0.717) is 20.9 Å². The van der Waals surface area contributed by atoms with Crippen LogP contribution in [0.5, 0.6) is 0 Å². The van der Waals surface area contributed by atoms with Crippen LogP contribution in [0.15, 0.2) is 34.6 Å². The van der Waals surface area contributed by atoms with E-state index in [9.17, 15) is 0 Å². The number of pyridine rings is 1. The molecule has 0 N–H and O–H groups in total. The van der Waals surface area contributed by atoms with Gasteiger partial charge in [-0.1, -0.05) is 11.6 Å². The lowest BCUT2D eigenvalue weighted by molar-refractivity contribution is 0.915. The molecule has 0 unspecified atom stereocenters. The molecule has 2 aromatic heterocycles. The van der Waals surface area contributed by atoms with E-state index in [0.717, 1.165) is 5.69 Å². The number of nitriles is 1. The summed E-state index contributed by atoms with van der Waals surface area (Å²) in [6, 6.07) is 7.12. The van der Waals surface area contributed by atoms with Gasteiger partial charge >= 0.3 is 0 Å². The van der Waals surface area contributed by atoms with Gasteiger partial charge in [0, 0.05) is 11.9 Å². The Labute approximate surface area is 108 Å². The molecule has 0 aliphatic heterocycles. The summed E-state index contributed by atoms with van der Waals surface area (Å²) in [5, 5.41) is 10.5. The molecule has 0 fully saturated rings. The van der Waals surface area contributed by atoms with Crippen molar-refractivity contribution in [1.29, 1.82) is 5.26 Å². The second-order valence-electron chi connectivity index (χ2n) is 3.18. The first-order chi connectivity index (χ1) is 8.19. The molecular formula is C11H7ClN4S. The van der Waals surface area contributed by atoms with Crippen LogP contribution in [0.25, 0.3) is 0 Å². The molecule has 0 saturated heterocycles. The molecule has 0 atom stereocenters. The van der Waals surface area contributed by atoms with Crippen molar-refractivity contribution in [2.45, 2.75) is 17.1 Å². The molecule has 2 rings (SSSR count). The molecule has 0 saturated carbocycles. The summed E-state index contributed by atoms with van der Waals surface area (Å²) in [5.41, 5.74) is 1.08. The molecule has 0 radical (unpaired) electrons. The maximum atomic E-state index is 8.82. The molecule has 0 spiro atoms. The number of aromatic nitrogens is 3. The van der Waals surface area contributed by atoms with Crippen LogP contribution in [-0.4, -0.2) is 15.0 Å². The van der Waals surface area contributed by atoms with Crippen LogP contribution in [0.2, 0.25) is 5.02 Å². The molecule has 0 aliphatic carbocycles. The second kappa shape index (κ2) is 5.13. The Morgan fingerprint density at radius 3 is 2.94 bits per heavy atom. The van der Waals surface area contributed by atoms with Crippen LogP contribution in [0.1, 0.15) is 11.4 Å². The van der Waals surface area contributed by atoms with Gasteiger partial charge in [-0.2, -0.15) is 5.26 Å². The largest absolute Gasteiger partial charge is 0.248 e. The van der Waals surface area contributed by atoms with E-state index in [1.165, 1.54) is 11.8 Å². The lowest BCUT2D eigenvalue weighted by Gasteiger charge is -2.02. The van der Waals surface area contributed by atoms with Gasteiger partial charge in [-0.15, -0.1) is 0 Å². The Bertz CT molecular complexity index is 594. The highest BCUT2D eigenvalue weighted by atomic mass is 35.5. The number of aryl methyl sites for hydroxylation is 1. The van der Waals surface area contributed by atoms with Crippen molar-refractivity contribution in [3.8, 4) is 6.07 Å².